The van der Waals surface area contributed by atoms with Crippen LogP contribution in [0.1, 0.15) is 13.8 Å². The number of hydrogen-bond acceptors (Lipinski definition) is 6. The summed E-state index contributed by atoms with van der Waals surface area (Å²) >= 11 is 1.25. The van der Waals surface area contributed by atoms with Crippen LogP contribution in [0.2, 0.25) is 0 Å². The number of carbonyl (C=O) groups is 2. The molecular formula is C17H18N4O3S. The third kappa shape index (κ3) is 3.74. The number of rotatable bonds is 6. The second-order valence-corrected chi connectivity index (χ2v) is 6.39. The van der Waals surface area contributed by atoms with E-state index in [1.54, 1.807) is 6.92 Å². The van der Waals surface area contributed by atoms with Gasteiger partial charge in [0.25, 0.3) is 0 Å². The number of nitrogens with one attached hydrogen (secondary N) is 2. The minimum atomic E-state index is -0.579. The molecule has 25 heavy (non-hydrogen) atoms. The lowest BCUT2D eigenvalue weighted by molar-refractivity contribution is -0.127. The maximum atomic E-state index is 12.1. The predicted octanol–water partition coefficient (Wildman–Crippen LogP) is 2.11. The Labute approximate surface area is 148 Å². The van der Waals surface area contributed by atoms with Gasteiger partial charge in [0.1, 0.15) is 28.5 Å². The Hall–Kier alpha value is -2.61. The molecule has 0 saturated carbocycles. The summed E-state index contributed by atoms with van der Waals surface area (Å²) in [5, 5.41) is 6.84. The van der Waals surface area contributed by atoms with Gasteiger partial charge >= 0.3 is 0 Å². The number of fused-ring (bicyclic) bond motifs is 3. The van der Waals surface area contributed by atoms with Gasteiger partial charge in [0.15, 0.2) is 5.58 Å². The van der Waals surface area contributed by atoms with Crippen molar-refractivity contribution < 1.29 is 14.0 Å². The van der Waals surface area contributed by atoms with Gasteiger partial charge in [-0.05, 0) is 26.0 Å². The Morgan fingerprint density at radius 3 is 2.88 bits per heavy atom. The monoisotopic (exact) mass is 358 g/mol. The molecule has 0 aliphatic heterocycles. The average Bonchev–Trinajstić information content (AvgIpc) is 2.99. The summed E-state index contributed by atoms with van der Waals surface area (Å²) in [4.78, 5) is 32.2. The molecule has 7 nitrogen and oxygen atoms in total. The maximum absolute atomic E-state index is 12.1. The van der Waals surface area contributed by atoms with Crippen LogP contribution in [0.3, 0.4) is 0 Å². The Morgan fingerprint density at radius 2 is 2.08 bits per heavy atom. The third-order valence-corrected chi connectivity index (χ3v) is 4.56. The number of amides is 2. The van der Waals surface area contributed by atoms with Gasteiger partial charge < -0.3 is 15.1 Å². The lowest BCUT2D eigenvalue weighted by Gasteiger charge is -2.12. The van der Waals surface area contributed by atoms with Crippen molar-refractivity contribution in [1.82, 2.24) is 20.6 Å². The minimum absolute atomic E-state index is 0.132. The van der Waals surface area contributed by atoms with E-state index in [0.717, 1.165) is 16.5 Å². The summed E-state index contributed by atoms with van der Waals surface area (Å²) in [5.41, 5.74) is 2.02. The molecule has 130 valence electrons. The zero-order valence-electron chi connectivity index (χ0n) is 13.9. The van der Waals surface area contributed by atoms with Crippen LogP contribution >= 0.6 is 11.8 Å². The summed E-state index contributed by atoms with van der Waals surface area (Å²) in [6, 6.07) is 7.03. The number of carbonyl (C=O) groups excluding carboxylic acids is 2. The zero-order valence-corrected chi connectivity index (χ0v) is 14.7. The molecule has 1 aromatic carbocycles. The van der Waals surface area contributed by atoms with Crippen LogP contribution in [0.15, 0.2) is 40.0 Å². The molecule has 0 spiro atoms. The second-order valence-electron chi connectivity index (χ2n) is 5.43. The van der Waals surface area contributed by atoms with Gasteiger partial charge in [-0.3, -0.25) is 9.59 Å². The molecule has 0 unspecified atom stereocenters. The van der Waals surface area contributed by atoms with E-state index in [1.165, 1.54) is 18.1 Å². The molecule has 2 amide bonds. The van der Waals surface area contributed by atoms with Gasteiger partial charge in [0, 0.05) is 11.9 Å². The average molecular weight is 358 g/mol. The smallest absolute Gasteiger partial charge is 0.242 e. The van der Waals surface area contributed by atoms with Crippen LogP contribution in [0.5, 0.6) is 0 Å². The SMILES string of the molecule is CCNC(=O)[C@@H](C)NC(=O)CSc1ncnc2c1oc1ccccc12. The number of nitrogens with zero attached hydrogens (tertiary/aromatic N) is 2. The molecule has 0 bridgehead atoms. The number of aromatic nitrogens is 2. The van der Waals surface area contributed by atoms with E-state index in [-0.39, 0.29) is 17.6 Å². The molecule has 2 N–H and O–H groups in total. The summed E-state index contributed by atoms with van der Waals surface area (Å²) in [6.07, 6.45) is 1.46. The van der Waals surface area contributed by atoms with Crippen LogP contribution in [-0.4, -0.2) is 40.1 Å². The number of para-hydroxylation sites is 1. The first-order valence-electron chi connectivity index (χ1n) is 7.92. The highest BCUT2D eigenvalue weighted by atomic mass is 32.2. The van der Waals surface area contributed by atoms with Crippen LogP contribution < -0.4 is 10.6 Å². The zero-order chi connectivity index (χ0) is 17.8. The molecule has 8 heteroatoms. The molecular weight excluding hydrogens is 340 g/mol. The summed E-state index contributed by atoms with van der Waals surface area (Å²) in [5.74, 6) is -0.318. The molecule has 0 radical (unpaired) electrons. The van der Waals surface area contributed by atoms with Gasteiger partial charge in [0.05, 0.1) is 5.75 Å². The fourth-order valence-corrected chi connectivity index (χ4v) is 3.16. The van der Waals surface area contributed by atoms with Crippen LogP contribution in [-0.2, 0) is 9.59 Å². The summed E-state index contributed by atoms with van der Waals surface area (Å²) in [7, 11) is 0. The summed E-state index contributed by atoms with van der Waals surface area (Å²) < 4.78 is 5.83. The predicted molar refractivity (Wildman–Crippen MR) is 96.3 cm³/mol. The van der Waals surface area contributed by atoms with Crippen molar-refractivity contribution in [1.29, 1.82) is 0 Å². The molecule has 0 aliphatic carbocycles. The van der Waals surface area contributed by atoms with E-state index >= 15 is 0 Å². The largest absolute Gasteiger partial charge is 0.451 e. The molecule has 1 atom stereocenters. The van der Waals surface area contributed by atoms with Crippen LogP contribution in [0.25, 0.3) is 22.1 Å². The van der Waals surface area contributed by atoms with Gasteiger partial charge in [-0.25, -0.2) is 9.97 Å². The minimum Gasteiger partial charge on any atom is -0.451 e. The molecule has 0 fully saturated rings. The number of furan rings is 1. The number of likely N-dealkylation sites (N-methyl/N-ethyl adjacent to an activating group) is 1. The van der Waals surface area contributed by atoms with Crippen molar-refractivity contribution in [3.05, 3.63) is 30.6 Å². The second kappa shape index (κ2) is 7.52. The van der Waals surface area contributed by atoms with Crippen LogP contribution in [0.4, 0.5) is 0 Å². The molecule has 2 heterocycles. The van der Waals surface area contributed by atoms with E-state index in [9.17, 15) is 9.59 Å². The number of hydrogen-bond donors (Lipinski definition) is 2. The Bertz CT molecular complexity index is 925. The van der Waals surface area contributed by atoms with Crippen molar-refractivity contribution in [3.8, 4) is 0 Å². The van der Waals surface area contributed by atoms with Gasteiger partial charge in [-0.1, -0.05) is 23.9 Å². The molecule has 0 saturated heterocycles. The Morgan fingerprint density at radius 1 is 1.28 bits per heavy atom. The Balaban J connectivity index is 1.71. The molecule has 3 aromatic rings. The molecule has 3 rings (SSSR count). The van der Waals surface area contributed by atoms with Crippen molar-refractivity contribution in [2.45, 2.75) is 24.9 Å². The fourth-order valence-electron chi connectivity index (χ4n) is 2.42. The van der Waals surface area contributed by atoms with Gasteiger partial charge in [-0.15, -0.1) is 0 Å². The highest BCUT2D eigenvalue weighted by Gasteiger charge is 2.17. The van der Waals surface area contributed by atoms with Crippen molar-refractivity contribution >= 4 is 45.6 Å². The highest BCUT2D eigenvalue weighted by Crippen LogP contribution is 2.32. The maximum Gasteiger partial charge on any atom is 0.242 e. The summed E-state index contributed by atoms with van der Waals surface area (Å²) in [6.45, 7) is 4.00. The van der Waals surface area contributed by atoms with E-state index in [0.29, 0.717) is 17.2 Å². The van der Waals surface area contributed by atoms with Gasteiger partial charge in [-0.2, -0.15) is 0 Å². The fraction of sp³-hybridized carbons (Fsp3) is 0.294. The van der Waals surface area contributed by atoms with E-state index in [1.807, 2.05) is 31.2 Å². The van der Waals surface area contributed by atoms with E-state index in [2.05, 4.69) is 20.6 Å². The van der Waals surface area contributed by atoms with Crippen molar-refractivity contribution in [2.75, 3.05) is 12.3 Å². The standard InChI is InChI=1S/C17H18N4O3S/c1-3-18-16(23)10(2)21-13(22)8-25-17-15-14(19-9-20-17)11-6-4-5-7-12(11)24-15/h4-7,9-10H,3,8H2,1-2H3,(H,18,23)(H,21,22)/t10-/m1/s1. The number of benzene rings is 1. The topological polar surface area (TPSA) is 97.1 Å². The number of thioether (sulfide) groups is 1. The van der Waals surface area contributed by atoms with Crippen molar-refractivity contribution in [3.63, 3.8) is 0 Å². The first kappa shape index (κ1) is 17.2. The van der Waals surface area contributed by atoms with Crippen molar-refractivity contribution in [2.24, 2.45) is 0 Å². The lowest BCUT2D eigenvalue weighted by atomic mass is 10.2. The Kier molecular flexibility index (Phi) is 5.18. The first-order chi connectivity index (χ1) is 12.1. The first-order valence-corrected chi connectivity index (χ1v) is 8.90. The van der Waals surface area contributed by atoms with Gasteiger partial charge in [0.2, 0.25) is 11.8 Å². The quantitative estimate of drug-likeness (QED) is 0.517. The molecule has 0 aliphatic rings. The normalized spacial score (nSPS) is 12.2. The molecule has 2 aromatic heterocycles. The van der Waals surface area contributed by atoms with E-state index < -0.39 is 6.04 Å². The lowest BCUT2D eigenvalue weighted by Crippen LogP contribution is -2.45. The van der Waals surface area contributed by atoms with E-state index in [4.69, 9.17) is 4.42 Å². The third-order valence-electron chi connectivity index (χ3n) is 3.59. The van der Waals surface area contributed by atoms with Crippen LogP contribution in [0, 0.1) is 0 Å². The highest BCUT2D eigenvalue weighted by molar-refractivity contribution is 8.00.